The molecule has 3 aliphatic rings. The Bertz CT molecular complexity index is 476. The standard InChI is InChI=1S/C20H35N3O2/c1-17(24)21-14-19(25)23-13-10-20(16-23)9-5-11-22(15-20)12-8-18-6-3-2-4-7-18/h18H,2-16H2,1H3,(H,21,24). The Hall–Kier alpha value is -1.10. The van der Waals surface area contributed by atoms with Crippen LogP contribution in [0.4, 0.5) is 0 Å². The van der Waals surface area contributed by atoms with Crippen LogP contribution in [-0.2, 0) is 9.59 Å². The molecule has 0 radical (unpaired) electrons. The highest BCUT2D eigenvalue weighted by atomic mass is 16.2. The lowest BCUT2D eigenvalue weighted by Crippen LogP contribution is -2.46. The number of hydrogen-bond donors (Lipinski definition) is 1. The third-order valence-corrected chi connectivity index (χ3v) is 6.60. The zero-order chi connectivity index (χ0) is 17.7. The summed E-state index contributed by atoms with van der Waals surface area (Å²) < 4.78 is 0. The lowest BCUT2D eigenvalue weighted by molar-refractivity contribution is -0.132. The van der Waals surface area contributed by atoms with Crippen molar-refractivity contribution in [1.82, 2.24) is 15.1 Å². The summed E-state index contributed by atoms with van der Waals surface area (Å²) in [6.45, 7) is 6.98. The van der Waals surface area contributed by atoms with Crippen LogP contribution in [0.3, 0.4) is 0 Å². The predicted octanol–water partition coefficient (Wildman–Crippen LogP) is 2.41. The first-order valence-corrected chi connectivity index (χ1v) is 10.3. The Labute approximate surface area is 152 Å². The van der Waals surface area contributed by atoms with Crippen LogP contribution in [-0.4, -0.2) is 60.9 Å². The number of rotatable bonds is 5. The number of nitrogens with one attached hydrogen (secondary N) is 1. The van der Waals surface area contributed by atoms with Crippen molar-refractivity contribution in [3.63, 3.8) is 0 Å². The monoisotopic (exact) mass is 349 g/mol. The van der Waals surface area contributed by atoms with Gasteiger partial charge in [0.25, 0.3) is 0 Å². The summed E-state index contributed by atoms with van der Waals surface area (Å²) in [5, 5.41) is 2.64. The zero-order valence-electron chi connectivity index (χ0n) is 15.9. The van der Waals surface area contributed by atoms with Gasteiger partial charge in [-0.2, -0.15) is 0 Å². The first kappa shape index (κ1) is 18.7. The second-order valence-corrected chi connectivity index (χ2v) is 8.65. The van der Waals surface area contributed by atoms with E-state index in [1.165, 1.54) is 71.4 Å². The fourth-order valence-corrected chi connectivity index (χ4v) is 5.13. The molecule has 2 aliphatic heterocycles. The van der Waals surface area contributed by atoms with Crippen LogP contribution in [0.1, 0.15) is 64.7 Å². The highest BCUT2D eigenvalue weighted by molar-refractivity contribution is 5.83. The molecule has 0 aromatic heterocycles. The summed E-state index contributed by atoms with van der Waals surface area (Å²) in [5.41, 5.74) is 0.302. The molecule has 0 aromatic carbocycles. The molecule has 3 rings (SSSR count). The van der Waals surface area contributed by atoms with Gasteiger partial charge in [0.1, 0.15) is 0 Å². The summed E-state index contributed by atoms with van der Waals surface area (Å²) in [7, 11) is 0. The van der Waals surface area contributed by atoms with Crippen molar-refractivity contribution in [1.29, 1.82) is 0 Å². The van der Waals surface area contributed by atoms with E-state index in [1.54, 1.807) is 0 Å². The van der Waals surface area contributed by atoms with Crippen molar-refractivity contribution in [2.24, 2.45) is 11.3 Å². The van der Waals surface area contributed by atoms with Crippen LogP contribution in [0.15, 0.2) is 0 Å². The van der Waals surface area contributed by atoms with Gasteiger partial charge in [0.15, 0.2) is 0 Å². The Morgan fingerprint density at radius 3 is 2.60 bits per heavy atom. The van der Waals surface area contributed by atoms with Gasteiger partial charge < -0.3 is 15.1 Å². The van der Waals surface area contributed by atoms with E-state index in [0.717, 1.165) is 32.0 Å². The molecule has 1 saturated carbocycles. The second-order valence-electron chi connectivity index (χ2n) is 8.65. The minimum absolute atomic E-state index is 0.0754. The number of piperidine rings is 1. The average Bonchev–Trinajstić information content (AvgIpc) is 3.02. The Kier molecular flexibility index (Phi) is 6.37. The van der Waals surface area contributed by atoms with Crippen molar-refractivity contribution in [3.05, 3.63) is 0 Å². The van der Waals surface area contributed by atoms with E-state index in [4.69, 9.17) is 0 Å². The molecule has 2 amide bonds. The lowest BCUT2D eigenvalue weighted by Gasteiger charge is -2.41. The molecule has 2 saturated heterocycles. The Balaban J connectivity index is 1.45. The van der Waals surface area contributed by atoms with Gasteiger partial charge in [0, 0.05) is 32.0 Å². The highest BCUT2D eigenvalue weighted by Crippen LogP contribution is 2.39. The van der Waals surface area contributed by atoms with Gasteiger partial charge in [-0.25, -0.2) is 0 Å². The Morgan fingerprint density at radius 1 is 1.04 bits per heavy atom. The molecule has 0 aromatic rings. The smallest absolute Gasteiger partial charge is 0.241 e. The van der Waals surface area contributed by atoms with Gasteiger partial charge in [0.2, 0.25) is 11.8 Å². The number of carbonyl (C=O) groups is 2. The first-order chi connectivity index (χ1) is 12.1. The third kappa shape index (κ3) is 5.19. The van der Waals surface area contributed by atoms with Gasteiger partial charge in [-0.05, 0) is 44.7 Å². The summed E-state index contributed by atoms with van der Waals surface area (Å²) in [6.07, 6.45) is 12.2. The highest BCUT2D eigenvalue weighted by Gasteiger charge is 2.42. The fourth-order valence-electron chi connectivity index (χ4n) is 5.13. The lowest BCUT2D eigenvalue weighted by atomic mass is 9.79. The van der Waals surface area contributed by atoms with E-state index in [9.17, 15) is 9.59 Å². The maximum atomic E-state index is 12.3. The minimum atomic E-state index is -0.131. The molecular formula is C20H35N3O2. The van der Waals surface area contributed by atoms with Gasteiger partial charge in [-0.3, -0.25) is 9.59 Å². The van der Waals surface area contributed by atoms with Crippen molar-refractivity contribution >= 4 is 11.8 Å². The molecule has 3 fully saturated rings. The molecule has 25 heavy (non-hydrogen) atoms. The van der Waals surface area contributed by atoms with Crippen LogP contribution in [0, 0.1) is 11.3 Å². The van der Waals surface area contributed by atoms with E-state index in [1.807, 2.05) is 4.90 Å². The number of nitrogens with zero attached hydrogens (tertiary/aromatic N) is 2. The van der Waals surface area contributed by atoms with E-state index >= 15 is 0 Å². The van der Waals surface area contributed by atoms with Gasteiger partial charge in [-0.1, -0.05) is 32.1 Å². The first-order valence-electron chi connectivity index (χ1n) is 10.3. The molecule has 1 aliphatic carbocycles. The molecule has 1 atom stereocenters. The van der Waals surface area contributed by atoms with Crippen LogP contribution in [0.25, 0.3) is 0 Å². The molecule has 5 nitrogen and oxygen atoms in total. The number of amides is 2. The quantitative estimate of drug-likeness (QED) is 0.829. The topological polar surface area (TPSA) is 52.7 Å². The zero-order valence-corrected chi connectivity index (χ0v) is 15.9. The van der Waals surface area contributed by atoms with E-state index < -0.39 is 0 Å². The number of likely N-dealkylation sites (tertiary alicyclic amines) is 2. The molecule has 2 heterocycles. The normalized spacial score (nSPS) is 28.4. The minimum Gasteiger partial charge on any atom is -0.347 e. The predicted molar refractivity (Wildman–Crippen MR) is 99.2 cm³/mol. The van der Waals surface area contributed by atoms with Crippen LogP contribution >= 0.6 is 0 Å². The van der Waals surface area contributed by atoms with E-state index in [0.29, 0.717) is 5.41 Å². The average molecular weight is 350 g/mol. The van der Waals surface area contributed by atoms with Gasteiger partial charge >= 0.3 is 0 Å². The third-order valence-electron chi connectivity index (χ3n) is 6.60. The van der Waals surface area contributed by atoms with E-state index in [2.05, 4.69) is 10.2 Å². The van der Waals surface area contributed by atoms with Crippen molar-refractivity contribution in [2.75, 3.05) is 39.3 Å². The molecule has 5 heteroatoms. The summed E-state index contributed by atoms with van der Waals surface area (Å²) >= 11 is 0. The molecule has 0 bridgehead atoms. The van der Waals surface area contributed by atoms with Crippen molar-refractivity contribution in [2.45, 2.75) is 64.7 Å². The van der Waals surface area contributed by atoms with Crippen molar-refractivity contribution in [3.8, 4) is 0 Å². The largest absolute Gasteiger partial charge is 0.347 e. The van der Waals surface area contributed by atoms with Crippen LogP contribution in [0.2, 0.25) is 0 Å². The maximum Gasteiger partial charge on any atom is 0.241 e. The molecular weight excluding hydrogens is 314 g/mol. The maximum absolute atomic E-state index is 12.3. The van der Waals surface area contributed by atoms with Crippen molar-refractivity contribution < 1.29 is 9.59 Å². The SMILES string of the molecule is CC(=O)NCC(=O)N1CCC2(CCCN(CCC3CCCCC3)C2)C1. The summed E-state index contributed by atoms with van der Waals surface area (Å²) in [6, 6.07) is 0. The second kappa shape index (κ2) is 8.52. The number of hydrogen-bond acceptors (Lipinski definition) is 3. The van der Waals surface area contributed by atoms with Gasteiger partial charge in [-0.15, -0.1) is 0 Å². The fraction of sp³-hybridized carbons (Fsp3) is 0.900. The van der Waals surface area contributed by atoms with Crippen LogP contribution in [0.5, 0.6) is 0 Å². The van der Waals surface area contributed by atoms with Crippen LogP contribution < -0.4 is 5.32 Å². The number of carbonyl (C=O) groups excluding carboxylic acids is 2. The molecule has 1 N–H and O–H groups in total. The van der Waals surface area contributed by atoms with E-state index in [-0.39, 0.29) is 18.4 Å². The molecule has 1 spiro atoms. The molecule has 1 unspecified atom stereocenters. The summed E-state index contributed by atoms with van der Waals surface area (Å²) in [4.78, 5) is 27.9. The summed E-state index contributed by atoms with van der Waals surface area (Å²) in [5.74, 6) is 0.895. The molecule has 142 valence electrons. The van der Waals surface area contributed by atoms with Gasteiger partial charge in [0.05, 0.1) is 6.54 Å². The Morgan fingerprint density at radius 2 is 1.84 bits per heavy atom.